The number of hydrogen-bond acceptors (Lipinski definition) is 5. The van der Waals surface area contributed by atoms with Crippen molar-refractivity contribution in [2.75, 3.05) is 25.7 Å². The van der Waals surface area contributed by atoms with Crippen LogP contribution in [0.2, 0.25) is 0 Å². The van der Waals surface area contributed by atoms with Crippen LogP contribution >= 0.6 is 0 Å². The van der Waals surface area contributed by atoms with Gasteiger partial charge in [0.25, 0.3) is 0 Å². The second kappa shape index (κ2) is 8.19. The van der Waals surface area contributed by atoms with Gasteiger partial charge in [-0.15, -0.1) is 0 Å². The van der Waals surface area contributed by atoms with Crippen LogP contribution in [0.1, 0.15) is 6.92 Å². The highest BCUT2D eigenvalue weighted by atomic mass is 16.6. The number of rotatable bonds is 6. The molecule has 1 atom stereocenters. The molecule has 0 aliphatic carbocycles. The molecule has 0 radical (unpaired) electrons. The van der Waals surface area contributed by atoms with Crippen molar-refractivity contribution in [1.82, 2.24) is 0 Å². The van der Waals surface area contributed by atoms with Crippen LogP contribution in [0.15, 0.2) is 49.1 Å². The molecule has 0 spiro atoms. The van der Waals surface area contributed by atoms with E-state index in [2.05, 4.69) is 6.58 Å². The van der Waals surface area contributed by atoms with Gasteiger partial charge in [0.05, 0.1) is 19.9 Å². The lowest BCUT2D eigenvalue weighted by Crippen LogP contribution is -2.44. The maximum atomic E-state index is 12.7. The van der Waals surface area contributed by atoms with Crippen LogP contribution in [-0.4, -0.2) is 38.9 Å². The molecule has 0 aromatic heterocycles. The predicted octanol–water partition coefficient (Wildman–Crippen LogP) is 3.54. The van der Waals surface area contributed by atoms with E-state index in [1.54, 1.807) is 13.0 Å². The Morgan fingerprint density at radius 2 is 1.92 bits per heavy atom. The van der Waals surface area contributed by atoms with E-state index in [-0.39, 0.29) is 6.61 Å². The lowest BCUT2D eigenvalue weighted by Gasteiger charge is -2.29. The minimum atomic E-state index is -0.901. The molecule has 6 nitrogen and oxygen atoms in total. The van der Waals surface area contributed by atoms with Crippen molar-refractivity contribution in [2.45, 2.75) is 13.0 Å². The highest BCUT2D eigenvalue weighted by Gasteiger charge is 2.32. The smallest absolute Gasteiger partial charge is 0.415 e. The van der Waals surface area contributed by atoms with Crippen molar-refractivity contribution < 1.29 is 23.8 Å². The van der Waals surface area contributed by atoms with E-state index in [1.807, 2.05) is 30.3 Å². The van der Waals surface area contributed by atoms with Gasteiger partial charge < -0.3 is 14.2 Å². The Morgan fingerprint density at radius 1 is 1.20 bits per heavy atom. The summed E-state index contributed by atoms with van der Waals surface area (Å²) in [7, 11) is 2.77. The molecule has 0 heterocycles. The third-order valence-corrected chi connectivity index (χ3v) is 3.78. The van der Waals surface area contributed by atoms with Crippen molar-refractivity contribution in [2.24, 2.45) is 0 Å². The number of amides is 1. The fraction of sp³-hybridized carbons (Fsp3) is 0.263. The summed E-state index contributed by atoms with van der Waals surface area (Å²) >= 11 is 0. The van der Waals surface area contributed by atoms with Crippen molar-refractivity contribution in [3.63, 3.8) is 0 Å². The van der Waals surface area contributed by atoms with E-state index in [0.717, 1.165) is 10.8 Å². The Hall–Kier alpha value is -3.02. The van der Waals surface area contributed by atoms with Crippen LogP contribution in [-0.2, 0) is 14.3 Å². The Balaban J connectivity index is 2.67. The number of nitrogens with zero attached hydrogens (tertiary/aromatic N) is 1. The third-order valence-electron chi connectivity index (χ3n) is 3.78. The van der Waals surface area contributed by atoms with Gasteiger partial charge in [0.2, 0.25) is 0 Å². The van der Waals surface area contributed by atoms with Crippen molar-refractivity contribution >= 4 is 28.5 Å². The number of anilines is 1. The summed E-state index contributed by atoms with van der Waals surface area (Å²) in [6.07, 6.45) is 0.770. The van der Waals surface area contributed by atoms with Gasteiger partial charge in [0, 0.05) is 5.39 Å². The van der Waals surface area contributed by atoms with Crippen LogP contribution in [0.25, 0.3) is 10.8 Å². The zero-order valence-corrected chi connectivity index (χ0v) is 14.5. The Kier molecular flexibility index (Phi) is 6.00. The second-order valence-corrected chi connectivity index (χ2v) is 5.27. The topological polar surface area (TPSA) is 65.1 Å². The number of ether oxygens (including phenoxy) is 3. The lowest BCUT2D eigenvalue weighted by molar-refractivity contribution is -0.141. The molecule has 0 aliphatic heterocycles. The molecule has 0 bridgehead atoms. The molecule has 0 fully saturated rings. The van der Waals surface area contributed by atoms with Gasteiger partial charge in [-0.1, -0.05) is 43.0 Å². The fourth-order valence-corrected chi connectivity index (χ4v) is 2.57. The molecule has 0 saturated heterocycles. The number of methoxy groups -OCH3 is 2. The first kappa shape index (κ1) is 18.3. The summed E-state index contributed by atoms with van der Waals surface area (Å²) in [5, 5.41) is 1.66. The molecule has 2 aromatic carbocycles. The van der Waals surface area contributed by atoms with E-state index >= 15 is 0 Å². The summed E-state index contributed by atoms with van der Waals surface area (Å²) in [5.41, 5.74) is 0.451. The SMILES string of the molecule is C=CCOC(=O)N(c1c(OC)ccc2ccccc12)[C@@H](C)C(=O)OC. The average Bonchev–Trinajstić information content (AvgIpc) is 2.65. The Labute approximate surface area is 146 Å². The Bertz CT molecular complexity index is 786. The first-order valence-corrected chi connectivity index (χ1v) is 7.75. The number of carbonyl (C=O) groups excluding carboxylic acids is 2. The summed E-state index contributed by atoms with van der Waals surface area (Å²) < 4.78 is 15.4. The van der Waals surface area contributed by atoms with Crippen LogP contribution in [0, 0.1) is 0 Å². The second-order valence-electron chi connectivity index (χ2n) is 5.27. The fourth-order valence-electron chi connectivity index (χ4n) is 2.57. The van der Waals surface area contributed by atoms with E-state index in [4.69, 9.17) is 14.2 Å². The number of benzene rings is 2. The summed E-state index contributed by atoms with van der Waals surface area (Å²) in [5.74, 6) is -0.115. The van der Waals surface area contributed by atoms with Gasteiger partial charge in [-0.2, -0.15) is 0 Å². The van der Waals surface area contributed by atoms with Crippen LogP contribution < -0.4 is 9.64 Å². The third kappa shape index (κ3) is 3.74. The average molecular weight is 343 g/mol. The maximum absolute atomic E-state index is 12.7. The van der Waals surface area contributed by atoms with E-state index in [1.165, 1.54) is 25.2 Å². The molecular formula is C19H21NO5. The highest BCUT2D eigenvalue weighted by molar-refractivity contribution is 6.07. The molecule has 0 N–H and O–H groups in total. The van der Waals surface area contributed by atoms with Gasteiger partial charge in [-0.25, -0.2) is 9.59 Å². The molecule has 0 saturated carbocycles. The Morgan fingerprint density at radius 3 is 2.56 bits per heavy atom. The molecule has 25 heavy (non-hydrogen) atoms. The van der Waals surface area contributed by atoms with Crippen molar-refractivity contribution in [3.05, 3.63) is 49.1 Å². The summed E-state index contributed by atoms with van der Waals surface area (Å²) in [6.45, 7) is 5.13. The molecule has 132 valence electrons. The predicted molar refractivity (Wildman–Crippen MR) is 96.0 cm³/mol. The van der Waals surface area contributed by atoms with Gasteiger partial charge in [-0.05, 0) is 18.4 Å². The monoisotopic (exact) mass is 343 g/mol. The van der Waals surface area contributed by atoms with Crippen LogP contribution in [0.5, 0.6) is 5.75 Å². The molecule has 2 rings (SSSR count). The number of hydrogen-bond donors (Lipinski definition) is 0. The van der Waals surface area contributed by atoms with Gasteiger partial charge in [-0.3, -0.25) is 4.90 Å². The van der Waals surface area contributed by atoms with Gasteiger partial charge in [0.15, 0.2) is 0 Å². The molecule has 2 aromatic rings. The van der Waals surface area contributed by atoms with E-state index in [0.29, 0.717) is 11.4 Å². The molecule has 0 unspecified atom stereocenters. The summed E-state index contributed by atoms with van der Waals surface area (Å²) in [4.78, 5) is 26.0. The van der Waals surface area contributed by atoms with Gasteiger partial charge >= 0.3 is 12.1 Å². The first-order chi connectivity index (χ1) is 12.0. The number of carbonyl (C=O) groups is 2. The van der Waals surface area contributed by atoms with Crippen LogP contribution in [0.4, 0.5) is 10.5 Å². The number of fused-ring (bicyclic) bond motifs is 1. The van der Waals surface area contributed by atoms with Crippen molar-refractivity contribution in [3.8, 4) is 5.75 Å². The molecule has 1 amide bonds. The van der Waals surface area contributed by atoms with E-state index in [9.17, 15) is 9.59 Å². The minimum Gasteiger partial charge on any atom is -0.495 e. The molecule has 0 aliphatic rings. The standard InChI is InChI=1S/C19H21NO5/c1-5-12-25-19(22)20(13(2)18(21)24-4)17-15-9-7-6-8-14(15)10-11-16(17)23-3/h5-11,13H,1,12H2,2-4H3/t13-/m0/s1. The zero-order chi connectivity index (χ0) is 18.4. The molecule has 6 heteroatoms. The number of esters is 1. The van der Waals surface area contributed by atoms with E-state index < -0.39 is 18.1 Å². The lowest BCUT2D eigenvalue weighted by atomic mass is 10.1. The first-order valence-electron chi connectivity index (χ1n) is 7.75. The highest BCUT2D eigenvalue weighted by Crippen LogP contribution is 2.38. The summed E-state index contributed by atoms with van der Waals surface area (Å²) in [6, 6.07) is 10.2. The van der Waals surface area contributed by atoms with Crippen LogP contribution in [0.3, 0.4) is 0 Å². The normalized spacial score (nSPS) is 11.5. The minimum absolute atomic E-state index is 0.0241. The van der Waals surface area contributed by atoms with Gasteiger partial charge in [0.1, 0.15) is 18.4 Å². The largest absolute Gasteiger partial charge is 0.495 e. The van der Waals surface area contributed by atoms with Crippen molar-refractivity contribution in [1.29, 1.82) is 0 Å². The molecular weight excluding hydrogens is 322 g/mol. The maximum Gasteiger partial charge on any atom is 0.415 e. The zero-order valence-electron chi connectivity index (χ0n) is 14.5. The quantitative estimate of drug-likeness (QED) is 0.593.